The van der Waals surface area contributed by atoms with E-state index in [1.54, 1.807) is 7.11 Å². The minimum atomic E-state index is -1.21. The first-order valence-electron chi connectivity index (χ1n) is 8.24. The van der Waals surface area contributed by atoms with E-state index in [4.69, 9.17) is 10.5 Å². The van der Waals surface area contributed by atoms with E-state index in [1.807, 2.05) is 30.3 Å². The van der Waals surface area contributed by atoms with Crippen LogP contribution in [0.1, 0.15) is 17.2 Å². The van der Waals surface area contributed by atoms with Crippen LogP contribution in [0.5, 0.6) is 5.75 Å². The van der Waals surface area contributed by atoms with Gasteiger partial charge in [-0.25, -0.2) is 13.2 Å². The quantitative estimate of drug-likeness (QED) is 0.672. The maximum Gasteiger partial charge on any atom is 0.161 e. The summed E-state index contributed by atoms with van der Waals surface area (Å²) in [6, 6.07) is 9.87. The van der Waals surface area contributed by atoms with E-state index < -0.39 is 29.5 Å². The maximum atomic E-state index is 14.2. The lowest BCUT2D eigenvalue weighted by atomic mass is 9.86. The van der Waals surface area contributed by atoms with Gasteiger partial charge in [-0.2, -0.15) is 0 Å². The molecular formula is C20H17F3N2O. The number of hydrogen-bond donors (Lipinski definition) is 2. The molecule has 0 aromatic heterocycles. The molecule has 1 aliphatic rings. The summed E-state index contributed by atoms with van der Waals surface area (Å²) in [5.41, 5.74) is 8.08. The van der Waals surface area contributed by atoms with Gasteiger partial charge < -0.3 is 15.8 Å². The van der Waals surface area contributed by atoms with Crippen molar-refractivity contribution in [2.75, 3.05) is 12.4 Å². The molecule has 3 aromatic rings. The molecule has 2 atom stereocenters. The summed E-state index contributed by atoms with van der Waals surface area (Å²) >= 11 is 0. The van der Waals surface area contributed by atoms with Crippen LogP contribution in [-0.2, 0) is 6.42 Å². The Labute approximate surface area is 148 Å². The molecule has 0 amide bonds. The Morgan fingerprint density at radius 2 is 1.73 bits per heavy atom. The molecular weight excluding hydrogens is 341 g/mol. The van der Waals surface area contributed by atoms with Crippen LogP contribution in [0, 0.1) is 17.5 Å². The zero-order chi connectivity index (χ0) is 18.4. The predicted molar refractivity (Wildman–Crippen MR) is 94.9 cm³/mol. The summed E-state index contributed by atoms with van der Waals surface area (Å²) in [6.07, 6.45) is 0.468. The summed E-state index contributed by atoms with van der Waals surface area (Å²) in [7, 11) is 1.60. The molecule has 0 saturated carbocycles. The lowest BCUT2D eigenvalue weighted by Gasteiger charge is -2.34. The van der Waals surface area contributed by atoms with Crippen LogP contribution in [0.15, 0.2) is 42.5 Å². The predicted octanol–water partition coefficient (Wildman–Crippen LogP) is 4.30. The molecule has 0 bridgehead atoms. The van der Waals surface area contributed by atoms with Crippen LogP contribution in [0.3, 0.4) is 0 Å². The van der Waals surface area contributed by atoms with Gasteiger partial charge >= 0.3 is 0 Å². The molecule has 0 spiro atoms. The Kier molecular flexibility index (Phi) is 4.00. The van der Waals surface area contributed by atoms with Gasteiger partial charge in [-0.3, -0.25) is 0 Å². The number of fused-ring (bicyclic) bond motifs is 3. The average Bonchev–Trinajstić information content (AvgIpc) is 2.64. The van der Waals surface area contributed by atoms with Crippen molar-refractivity contribution in [2.45, 2.75) is 18.5 Å². The first-order chi connectivity index (χ1) is 12.5. The highest BCUT2D eigenvalue weighted by Crippen LogP contribution is 2.38. The maximum absolute atomic E-state index is 14.2. The Bertz CT molecular complexity index is 1010. The monoisotopic (exact) mass is 358 g/mol. The van der Waals surface area contributed by atoms with Crippen molar-refractivity contribution in [1.29, 1.82) is 0 Å². The van der Waals surface area contributed by atoms with Crippen LogP contribution >= 0.6 is 0 Å². The minimum absolute atomic E-state index is 0.0211. The standard InChI is InChI=1S/C20H17F3N2O/c1-26-11-4-2-10-3-5-19-13(12(10)6-11)8-18(24)20(25-19)14-7-16(22)17(23)9-15(14)21/h2-7,9,18,20,25H,8,24H2,1H3/t18-,20+/m0/s1. The summed E-state index contributed by atoms with van der Waals surface area (Å²) in [5.74, 6) is -2.39. The largest absolute Gasteiger partial charge is 0.497 e. The molecule has 0 aliphatic carbocycles. The number of rotatable bonds is 2. The van der Waals surface area contributed by atoms with Crippen LogP contribution in [0.25, 0.3) is 10.8 Å². The molecule has 1 aliphatic heterocycles. The van der Waals surface area contributed by atoms with Gasteiger partial charge in [-0.1, -0.05) is 12.1 Å². The third-order valence-electron chi connectivity index (χ3n) is 4.89. The summed E-state index contributed by atoms with van der Waals surface area (Å²) in [5, 5.41) is 5.22. The van der Waals surface area contributed by atoms with Gasteiger partial charge in [0, 0.05) is 23.4 Å². The number of nitrogens with two attached hydrogens (primary N) is 1. The van der Waals surface area contributed by atoms with E-state index in [0.29, 0.717) is 12.5 Å². The number of hydrogen-bond acceptors (Lipinski definition) is 3. The molecule has 1 heterocycles. The van der Waals surface area contributed by atoms with Crippen LogP contribution in [0.4, 0.5) is 18.9 Å². The highest BCUT2D eigenvalue weighted by molar-refractivity contribution is 5.92. The SMILES string of the molecule is COc1ccc2ccc3c(c2c1)C[C@H](N)[C@@H](c1cc(F)c(F)cc1F)N3. The van der Waals surface area contributed by atoms with Gasteiger partial charge in [0.15, 0.2) is 11.6 Å². The van der Waals surface area contributed by atoms with Gasteiger partial charge in [0.1, 0.15) is 11.6 Å². The number of ether oxygens (including phenoxy) is 1. The molecule has 0 unspecified atom stereocenters. The lowest BCUT2D eigenvalue weighted by Crippen LogP contribution is -2.39. The Hall–Kier alpha value is -2.73. The van der Waals surface area contributed by atoms with Crippen LogP contribution in [-0.4, -0.2) is 13.2 Å². The van der Waals surface area contributed by atoms with Crippen molar-refractivity contribution in [3.8, 4) is 5.75 Å². The van der Waals surface area contributed by atoms with Crippen molar-refractivity contribution in [3.05, 3.63) is 71.0 Å². The van der Waals surface area contributed by atoms with Crippen molar-refractivity contribution < 1.29 is 17.9 Å². The Morgan fingerprint density at radius 1 is 1.00 bits per heavy atom. The summed E-state index contributed by atoms with van der Waals surface area (Å²) < 4.78 is 46.3. The second kappa shape index (κ2) is 6.21. The second-order valence-corrected chi connectivity index (χ2v) is 6.46. The highest BCUT2D eigenvalue weighted by atomic mass is 19.2. The van der Waals surface area contributed by atoms with E-state index in [9.17, 15) is 13.2 Å². The Balaban J connectivity index is 1.80. The first kappa shape index (κ1) is 16.7. The fraction of sp³-hybridized carbons (Fsp3) is 0.200. The molecule has 26 heavy (non-hydrogen) atoms. The van der Waals surface area contributed by atoms with E-state index in [2.05, 4.69) is 5.32 Å². The molecule has 0 radical (unpaired) electrons. The van der Waals surface area contributed by atoms with Gasteiger partial charge in [-0.15, -0.1) is 0 Å². The molecule has 3 nitrogen and oxygen atoms in total. The number of benzene rings is 3. The number of nitrogens with one attached hydrogen (secondary N) is 1. The van der Waals surface area contributed by atoms with Crippen molar-refractivity contribution >= 4 is 16.5 Å². The van der Waals surface area contributed by atoms with Crippen molar-refractivity contribution in [1.82, 2.24) is 0 Å². The Morgan fingerprint density at radius 3 is 2.50 bits per heavy atom. The van der Waals surface area contributed by atoms with Crippen molar-refractivity contribution in [2.24, 2.45) is 5.73 Å². The summed E-state index contributed by atoms with van der Waals surface area (Å²) in [6.45, 7) is 0. The van der Waals surface area contributed by atoms with E-state index >= 15 is 0 Å². The lowest BCUT2D eigenvalue weighted by molar-refractivity contribution is 0.415. The van der Waals surface area contributed by atoms with E-state index in [0.717, 1.165) is 33.8 Å². The topological polar surface area (TPSA) is 47.3 Å². The first-order valence-corrected chi connectivity index (χ1v) is 8.24. The molecule has 134 valence electrons. The third-order valence-corrected chi connectivity index (χ3v) is 4.89. The molecule has 4 rings (SSSR count). The zero-order valence-corrected chi connectivity index (χ0v) is 14.0. The van der Waals surface area contributed by atoms with E-state index in [-0.39, 0.29) is 5.56 Å². The summed E-state index contributed by atoms with van der Waals surface area (Å²) in [4.78, 5) is 0. The zero-order valence-electron chi connectivity index (χ0n) is 14.0. The van der Waals surface area contributed by atoms with Crippen LogP contribution < -0.4 is 15.8 Å². The number of halogens is 3. The molecule has 0 saturated heterocycles. The van der Waals surface area contributed by atoms with Gasteiger partial charge in [0.05, 0.1) is 13.2 Å². The smallest absolute Gasteiger partial charge is 0.161 e. The van der Waals surface area contributed by atoms with E-state index in [1.165, 1.54) is 0 Å². The normalized spacial score (nSPS) is 19.1. The van der Waals surface area contributed by atoms with Gasteiger partial charge in [0.2, 0.25) is 0 Å². The minimum Gasteiger partial charge on any atom is -0.497 e. The molecule has 6 heteroatoms. The van der Waals surface area contributed by atoms with Crippen LogP contribution in [0.2, 0.25) is 0 Å². The fourth-order valence-corrected chi connectivity index (χ4v) is 3.56. The number of anilines is 1. The number of methoxy groups -OCH3 is 1. The van der Waals surface area contributed by atoms with Gasteiger partial charge in [-0.05, 0) is 47.0 Å². The fourth-order valence-electron chi connectivity index (χ4n) is 3.56. The molecule has 3 aromatic carbocycles. The highest BCUT2D eigenvalue weighted by Gasteiger charge is 2.30. The third kappa shape index (κ3) is 2.66. The van der Waals surface area contributed by atoms with Crippen molar-refractivity contribution in [3.63, 3.8) is 0 Å². The molecule has 0 fully saturated rings. The second-order valence-electron chi connectivity index (χ2n) is 6.46. The van der Waals surface area contributed by atoms with Gasteiger partial charge in [0.25, 0.3) is 0 Å². The molecule has 3 N–H and O–H groups in total. The average molecular weight is 358 g/mol.